The van der Waals surface area contributed by atoms with Gasteiger partial charge in [-0.2, -0.15) is 0 Å². The molecule has 0 spiro atoms. The molecule has 1 aliphatic heterocycles. The molecule has 5 heteroatoms. The summed E-state index contributed by atoms with van der Waals surface area (Å²) in [6, 6.07) is 16.5. The van der Waals surface area contributed by atoms with E-state index in [4.69, 9.17) is 4.98 Å². The molecular formula is C21H24N4O. The molecule has 2 heterocycles. The third kappa shape index (κ3) is 3.17. The fourth-order valence-corrected chi connectivity index (χ4v) is 3.49. The van der Waals surface area contributed by atoms with Gasteiger partial charge in [0.15, 0.2) is 0 Å². The average Bonchev–Trinajstić information content (AvgIpc) is 3.12. The molecule has 0 unspecified atom stereocenters. The van der Waals surface area contributed by atoms with Crippen molar-refractivity contribution in [3.8, 4) is 11.4 Å². The highest BCUT2D eigenvalue weighted by Crippen LogP contribution is 2.25. The second kappa shape index (κ2) is 6.83. The molecule has 0 aliphatic carbocycles. The third-order valence-electron chi connectivity index (χ3n) is 4.96. The number of piperazine rings is 1. The molecule has 2 aromatic carbocycles. The number of nitrogens with zero attached hydrogens (tertiary/aromatic N) is 3. The normalized spacial score (nSPS) is 15.0. The summed E-state index contributed by atoms with van der Waals surface area (Å²) >= 11 is 0. The zero-order chi connectivity index (χ0) is 18.1. The first-order valence-electron chi connectivity index (χ1n) is 9.21. The van der Waals surface area contributed by atoms with E-state index in [1.165, 1.54) is 5.69 Å². The van der Waals surface area contributed by atoms with Gasteiger partial charge in [0.1, 0.15) is 5.82 Å². The Morgan fingerprint density at radius 1 is 1.04 bits per heavy atom. The number of anilines is 1. The van der Waals surface area contributed by atoms with Gasteiger partial charge >= 0.3 is 0 Å². The van der Waals surface area contributed by atoms with E-state index >= 15 is 0 Å². The maximum absolute atomic E-state index is 12.2. The summed E-state index contributed by atoms with van der Waals surface area (Å²) in [7, 11) is 0. The van der Waals surface area contributed by atoms with Gasteiger partial charge in [-0.1, -0.05) is 38.1 Å². The summed E-state index contributed by atoms with van der Waals surface area (Å²) in [5, 5.41) is 0. The summed E-state index contributed by atoms with van der Waals surface area (Å²) in [5.41, 5.74) is 4.29. The Morgan fingerprint density at radius 2 is 1.81 bits per heavy atom. The number of carbonyl (C=O) groups excluding carboxylic acids is 1. The van der Waals surface area contributed by atoms with Crippen molar-refractivity contribution in [1.29, 1.82) is 0 Å². The van der Waals surface area contributed by atoms with Gasteiger partial charge in [-0.15, -0.1) is 0 Å². The minimum absolute atomic E-state index is 0.0676. The standard InChI is InChI=1S/C21H24N4O/c1-15(2)21(26)25-12-10-24(11-13-25)17-7-5-6-16(14-17)20-22-18-8-3-4-9-19(18)23-20/h3-9,14-15H,10-13H2,1-2H3,(H,22,23). The molecule has 1 amide bonds. The zero-order valence-corrected chi connectivity index (χ0v) is 15.3. The maximum Gasteiger partial charge on any atom is 0.225 e. The van der Waals surface area contributed by atoms with Crippen molar-refractivity contribution in [2.45, 2.75) is 13.8 Å². The monoisotopic (exact) mass is 348 g/mol. The molecule has 0 bridgehead atoms. The lowest BCUT2D eigenvalue weighted by Crippen LogP contribution is -2.49. The molecule has 0 radical (unpaired) electrons. The molecule has 134 valence electrons. The summed E-state index contributed by atoms with van der Waals surface area (Å²) < 4.78 is 0. The Morgan fingerprint density at radius 3 is 2.54 bits per heavy atom. The largest absolute Gasteiger partial charge is 0.368 e. The van der Waals surface area contributed by atoms with Crippen LogP contribution in [0.3, 0.4) is 0 Å². The lowest BCUT2D eigenvalue weighted by Gasteiger charge is -2.37. The van der Waals surface area contributed by atoms with Crippen LogP contribution >= 0.6 is 0 Å². The smallest absolute Gasteiger partial charge is 0.225 e. The highest BCUT2D eigenvalue weighted by molar-refractivity contribution is 5.80. The van der Waals surface area contributed by atoms with Crippen LogP contribution in [0.25, 0.3) is 22.4 Å². The van der Waals surface area contributed by atoms with E-state index in [1.54, 1.807) is 0 Å². The third-order valence-corrected chi connectivity index (χ3v) is 4.96. The number of aromatic nitrogens is 2. The van der Waals surface area contributed by atoms with Gasteiger partial charge < -0.3 is 14.8 Å². The number of para-hydroxylation sites is 2. The van der Waals surface area contributed by atoms with Crippen LogP contribution in [0.15, 0.2) is 48.5 Å². The molecule has 1 fully saturated rings. The Hall–Kier alpha value is -2.82. The maximum atomic E-state index is 12.2. The number of imidazole rings is 1. The summed E-state index contributed by atoms with van der Waals surface area (Å²) in [5.74, 6) is 1.21. The molecule has 5 nitrogen and oxygen atoms in total. The van der Waals surface area contributed by atoms with Crippen molar-refractivity contribution in [3.05, 3.63) is 48.5 Å². The number of hydrogen-bond donors (Lipinski definition) is 1. The molecule has 0 atom stereocenters. The van der Waals surface area contributed by atoms with E-state index in [2.05, 4.69) is 34.1 Å². The molecule has 1 aromatic heterocycles. The minimum atomic E-state index is 0.0676. The van der Waals surface area contributed by atoms with Crippen LogP contribution < -0.4 is 4.90 Å². The number of rotatable bonds is 3. The van der Waals surface area contributed by atoms with Crippen LogP contribution in [0, 0.1) is 5.92 Å². The summed E-state index contributed by atoms with van der Waals surface area (Å²) in [4.78, 5) is 24.6. The predicted octanol–water partition coefficient (Wildman–Crippen LogP) is 3.53. The van der Waals surface area contributed by atoms with Crippen molar-refractivity contribution >= 4 is 22.6 Å². The van der Waals surface area contributed by atoms with Crippen LogP contribution in [0.4, 0.5) is 5.69 Å². The number of carbonyl (C=O) groups is 1. The van der Waals surface area contributed by atoms with Crippen LogP contribution in [0.5, 0.6) is 0 Å². The molecule has 0 saturated carbocycles. The van der Waals surface area contributed by atoms with E-state index in [-0.39, 0.29) is 11.8 Å². The molecule has 3 aromatic rings. The van der Waals surface area contributed by atoms with Crippen LogP contribution in [0.2, 0.25) is 0 Å². The highest BCUT2D eigenvalue weighted by Gasteiger charge is 2.23. The van der Waals surface area contributed by atoms with E-state index < -0.39 is 0 Å². The van der Waals surface area contributed by atoms with Crippen molar-refractivity contribution in [1.82, 2.24) is 14.9 Å². The number of hydrogen-bond acceptors (Lipinski definition) is 3. The fraction of sp³-hybridized carbons (Fsp3) is 0.333. The number of H-pyrrole nitrogens is 1. The van der Waals surface area contributed by atoms with Gasteiger partial charge in [0.25, 0.3) is 0 Å². The lowest BCUT2D eigenvalue weighted by molar-refractivity contribution is -0.134. The topological polar surface area (TPSA) is 52.2 Å². The second-order valence-corrected chi connectivity index (χ2v) is 7.12. The number of benzene rings is 2. The van der Waals surface area contributed by atoms with Crippen LogP contribution in [0.1, 0.15) is 13.8 Å². The van der Waals surface area contributed by atoms with Gasteiger partial charge in [-0.3, -0.25) is 4.79 Å². The zero-order valence-electron chi connectivity index (χ0n) is 15.3. The first kappa shape index (κ1) is 16.6. The highest BCUT2D eigenvalue weighted by atomic mass is 16.2. The molecule has 1 saturated heterocycles. The van der Waals surface area contributed by atoms with Gasteiger partial charge in [0, 0.05) is 43.3 Å². The summed E-state index contributed by atoms with van der Waals surface area (Å²) in [6.07, 6.45) is 0. The number of fused-ring (bicyclic) bond motifs is 1. The Bertz CT molecular complexity index is 889. The molecule has 1 aliphatic rings. The minimum Gasteiger partial charge on any atom is -0.368 e. The average molecular weight is 348 g/mol. The molecule has 1 N–H and O–H groups in total. The first-order chi connectivity index (χ1) is 12.6. The lowest BCUT2D eigenvalue weighted by atomic mass is 10.1. The number of amides is 1. The van der Waals surface area contributed by atoms with E-state index in [1.807, 2.05) is 43.0 Å². The summed E-state index contributed by atoms with van der Waals surface area (Å²) in [6.45, 7) is 7.22. The molecule has 4 rings (SSSR count). The Kier molecular flexibility index (Phi) is 4.37. The number of nitrogens with one attached hydrogen (secondary N) is 1. The quantitative estimate of drug-likeness (QED) is 0.788. The number of aromatic amines is 1. The van der Waals surface area contributed by atoms with Crippen molar-refractivity contribution < 1.29 is 4.79 Å². The van der Waals surface area contributed by atoms with E-state index in [0.717, 1.165) is 48.6 Å². The van der Waals surface area contributed by atoms with Crippen LogP contribution in [-0.4, -0.2) is 47.0 Å². The van der Waals surface area contributed by atoms with Gasteiger partial charge in [-0.25, -0.2) is 4.98 Å². The van der Waals surface area contributed by atoms with E-state index in [9.17, 15) is 4.79 Å². The van der Waals surface area contributed by atoms with Gasteiger partial charge in [-0.05, 0) is 24.3 Å². The SMILES string of the molecule is CC(C)C(=O)N1CCN(c2cccc(-c3nc4ccccc4[nH]3)c2)CC1. The Balaban J connectivity index is 1.52. The predicted molar refractivity (Wildman–Crippen MR) is 105 cm³/mol. The van der Waals surface area contributed by atoms with Gasteiger partial charge in [0.05, 0.1) is 11.0 Å². The fourth-order valence-electron chi connectivity index (χ4n) is 3.49. The van der Waals surface area contributed by atoms with Gasteiger partial charge in [0.2, 0.25) is 5.91 Å². The Labute approximate surface area is 153 Å². The van der Waals surface area contributed by atoms with E-state index in [0.29, 0.717) is 0 Å². The molecule has 26 heavy (non-hydrogen) atoms. The van der Waals surface area contributed by atoms with Crippen molar-refractivity contribution in [3.63, 3.8) is 0 Å². The second-order valence-electron chi connectivity index (χ2n) is 7.12. The van der Waals surface area contributed by atoms with Crippen molar-refractivity contribution in [2.75, 3.05) is 31.1 Å². The molecular weight excluding hydrogens is 324 g/mol. The van der Waals surface area contributed by atoms with Crippen LogP contribution in [-0.2, 0) is 4.79 Å². The van der Waals surface area contributed by atoms with Crippen molar-refractivity contribution in [2.24, 2.45) is 5.92 Å². The first-order valence-corrected chi connectivity index (χ1v) is 9.21.